The van der Waals surface area contributed by atoms with E-state index in [9.17, 15) is 5.11 Å². The minimum atomic E-state index is -0.0216. The normalized spacial score (nSPS) is 17.4. The first-order valence-electron chi connectivity index (χ1n) is 9.58. The predicted octanol–water partition coefficient (Wildman–Crippen LogP) is 4.02. The van der Waals surface area contributed by atoms with Crippen molar-refractivity contribution in [3.63, 3.8) is 0 Å². The summed E-state index contributed by atoms with van der Waals surface area (Å²) in [5.74, 6) is 2.47. The molecule has 0 radical (unpaired) electrons. The molecule has 0 aliphatic carbocycles. The van der Waals surface area contributed by atoms with E-state index in [4.69, 9.17) is 4.74 Å². The van der Waals surface area contributed by atoms with Gasteiger partial charge < -0.3 is 9.84 Å². The van der Waals surface area contributed by atoms with Gasteiger partial charge in [-0.05, 0) is 63.4 Å². The average Bonchev–Trinajstić information content (AvgIpc) is 3.15. The van der Waals surface area contributed by atoms with Gasteiger partial charge in [0.05, 0.1) is 17.5 Å². The van der Waals surface area contributed by atoms with E-state index in [-0.39, 0.29) is 11.9 Å². The van der Waals surface area contributed by atoms with Crippen molar-refractivity contribution in [2.75, 3.05) is 19.7 Å². The van der Waals surface area contributed by atoms with Gasteiger partial charge in [0, 0.05) is 0 Å². The van der Waals surface area contributed by atoms with Crippen molar-refractivity contribution in [2.24, 2.45) is 5.92 Å². The first-order chi connectivity index (χ1) is 13.1. The standard InChI is InChI=1S/C20H26N4O2S/c1-4-26-16-7-5-6-15(12-16)17(23-10-8-13(2)9-11-23)18-19(25)24-20(27-18)21-14(3)22-24/h5-7,12-13,17,25H,4,8-11H2,1-3H3. The van der Waals surface area contributed by atoms with E-state index >= 15 is 0 Å². The Kier molecular flexibility index (Phi) is 5.06. The monoisotopic (exact) mass is 386 g/mol. The SMILES string of the molecule is CCOc1cccc(C(c2sc3nc(C)nn3c2O)N2CCC(C)CC2)c1. The number of fused-ring (bicyclic) bond motifs is 1. The lowest BCUT2D eigenvalue weighted by molar-refractivity contribution is 0.157. The summed E-state index contributed by atoms with van der Waals surface area (Å²) >= 11 is 1.52. The third-order valence-electron chi connectivity index (χ3n) is 5.22. The van der Waals surface area contributed by atoms with Crippen molar-refractivity contribution in [1.82, 2.24) is 19.5 Å². The van der Waals surface area contributed by atoms with Crippen LogP contribution in [0.3, 0.4) is 0 Å². The summed E-state index contributed by atoms with van der Waals surface area (Å²) in [6.07, 6.45) is 2.34. The quantitative estimate of drug-likeness (QED) is 0.717. The van der Waals surface area contributed by atoms with E-state index in [0.29, 0.717) is 12.4 Å². The number of hydrogen-bond acceptors (Lipinski definition) is 6. The zero-order chi connectivity index (χ0) is 19.0. The van der Waals surface area contributed by atoms with Gasteiger partial charge in [-0.15, -0.1) is 5.10 Å². The molecule has 144 valence electrons. The molecule has 3 aromatic rings. The third-order valence-corrected chi connectivity index (χ3v) is 6.29. The van der Waals surface area contributed by atoms with Crippen molar-refractivity contribution in [3.05, 3.63) is 40.5 Å². The largest absolute Gasteiger partial charge is 0.494 e. The Morgan fingerprint density at radius 2 is 2.11 bits per heavy atom. The minimum absolute atomic E-state index is 0.0216. The van der Waals surface area contributed by atoms with Crippen molar-refractivity contribution < 1.29 is 9.84 Å². The van der Waals surface area contributed by atoms with Crippen LogP contribution < -0.4 is 4.74 Å². The van der Waals surface area contributed by atoms with E-state index in [1.54, 1.807) is 4.52 Å². The van der Waals surface area contributed by atoms with Gasteiger partial charge in [-0.25, -0.2) is 4.98 Å². The van der Waals surface area contributed by atoms with Gasteiger partial charge in [-0.2, -0.15) is 4.52 Å². The fourth-order valence-corrected chi connectivity index (χ4v) is 4.94. The maximum atomic E-state index is 10.9. The lowest BCUT2D eigenvalue weighted by Gasteiger charge is -2.36. The molecule has 1 aliphatic rings. The smallest absolute Gasteiger partial charge is 0.230 e. The Balaban J connectivity index is 1.78. The summed E-state index contributed by atoms with van der Waals surface area (Å²) < 4.78 is 7.28. The van der Waals surface area contributed by atoms with Crippen LogP contribution in [0.1, 0.15) is 49.0 Å². The number of piperidine rings is 1. The van der Waals surface area contributed by atoms with Crippen molar-refractivity contribution in [1.29, 1.82) is 0 Å². The van der Waals surface area contributed by atoms with E-state index in [1.807, 2.05) is 26.0 Å². The topological polar surface area (TPSA) is 62.9 Å². The van der Waals surface area contributed by atoms with Crippen molar-refractivity contribution >= 4 is 16.3 Å². The number of aromatic hydroxyl groups is 1. The maximum absolute atomic E-state index is 10.9. The highest BCUT2D eigenvalue weighted by atomic mass is 32.1. The van der Waals surface area contributed by atoms with Gasteiger partial charge in [-0.3, -0.25) is 4.90 Å². The van der Waals surface area contributed by atoms with Gasteiger partial charge in [0.2, 0.25) is 10.8 Å². The second-order valence-corrected chi connectivity index (χ2v) is 8.28. The van der Waals surface area contributed by atoms with Gasteiger partial charge in [-0.1, -0.05) is 30.4 Å². The number of benzene rings is 1. The number of rotatable bonds is 5. The Bertz CT molecular complexity index is 927. The van der Waals surface area contributed by atoms with Gasteiger partial charge in [0.15, 0.2) is 0 Å². The molecule has 0 amide bonds. The number of thiazole rings is 1. The molecule has 3 heterocycles. The zero-order valence-electron chi connectivity index (χ0n) is 16.1. The summed E-state index contributed by atoms with van der Waals surface area (Å²) in [4.78, 5) is 8.53. The Labute approximate surface area is 163 Å². The second kappa shape index (κ2) is 7.48. The zero-order valence-corrected chi connectivity index (χ0v) is 16.9. The van der Waals surface area contributed by atoms with Crippen LogP contribution in [0.5, 0.6) is 11.6 Å². The van der Waals surface area contributed by atoms with Crippen LogP contribution in [0.2, 0.25) is 0 Å². The van der Waals surface area contributed by atoms with Gasteiger partial charge in [0.1, 0.15) is 11.6 Å². The molecule has 0 spiro atoms. The summed E-state index contributed by atoms with van der Waals surface area (Å²) in [5, 5.41) is 15.2. The molecule has 6 nitrogen and oxygen atoms in total. The summed E-state index contributed by atoms with van der Waals surface area (Å²) in [6, 6.07) is 8.19. The van der Waals surface area contributed by atoms with Crippen LogP contribution in [0.4, 0.5) is 0 Å². The molecule has 0 bridgehead atoms. The van der Waals surface area contributed by atoms with Gasteiger partial charge in [0.25, 0.3) is 0 Å². The number of likely N-dealkylation sites (tertiary alicyclic amines) is 1. The van der Waals surface area contributed by atoms with Crippen molar-refractivity contribution in [3.8, 4) is 11.6 Å². The number of hydrogen-bond donors (Lipinski definition) is 1. The fraction of sp³-hybridized carbons (Fsp3) is 0.500. The van der Waals surface area contributed by atoms with E-state index in [2.05, 4.69) is 34.0 Å². The molecular formula is C20H26N4O2S. The van der Waals surface area contributed by atoms with Crippen LogP contribution in [-0.4, -0.2) is 44.3 Å². The van der Waals surface area contributed by atoms with Crippen LogP contribution in [-0.2, 0) is 0 Å². The summed E-state index contributed by atoms with van der Waals surface area (Å²) in [5.41, 5.74) is 1.13. The Hall–Kier alpha value is -2.12. The van der Waals surface area contributed by atoms with Crippen LogP contribution in [0.15, 0.2) is 24.3 Å². The number of nitrogens with zero attached hydrogens (tertiary/aromatic N) is 4. The molecular weight excluding hydrogens is 360 g/mol. The molecule has 0 saturated carbocycles. The highest BCUT2D eigenvalue weighted by Gasteiger charge is 2.31. The molecule has 1 atom stereocenters. The van der Waals surface area contributed by atoms with Crippen LogP contribution in [0, 0.1) is 12.8 Å². The average molecular weight is 387 g/mol. The summed E-state index contributed by atoms with van der Waals surface area (Å²) in [6.45, 7) is 8.80. The highest BCUT2D eigenvalue weighted by Crippen LogP contribution is 2.41. The van der Waals surface area contributed by atoms with E-state index < -0.39 is 0 Å². The Morgan fingerprint density at radius 3 is 2.81 bits per heavy atom. The molecule has 1 aliphatic heterocycles. The number of aryl methyl sites for hydroxylation is 1. The molecule has 1 unspecified atom stereocenters. The lowest BCUT2D eigenvalue weighted by Crippen LogP contribution is -2.36. The number of ether oxygens (including phenoxy) is 1. The molecule has 1 aromatic carbocycles. The van der Waals surface area contributed by atoms with E-state index in [0.717, 1.165) is 40.2 Å². The molecule has 1 saturated heterocycles. The summed E-state index contributed by atoms with van der Waals surface area (Å²) in [7, 11) is 0. The van der Waals surface area contributed by atoms with Gasteiger partial charge >= 0.3 is 0 Å². The molecule has 7 heteroatoms. The molecule has 4 rings (SSSR count). The van der Waals surface area contributed by atoms with Crippen LogP contribution >= 0.6 is 11.3 Å². The molecule has 2 aromatic heterocycles. The Morgan fingerprint density at radius 1 is 1.33 bits per heavy atom. The first kappa shape index (κ1) is 18.3. The first-order valence-corrected chi connectivity index (χ1v) is 10.4. The van der Waals surface area contributed by atoms with E-state index in [1.165, 1.54) is 24.2 Å². The molecule has 1 N–H and O–H groups in total. The number of aromatic nitrogens is 3. The van der Waals surface area contributed by atoms with Crippen LogP contribution in [0.25, 0.3) is 4.96 Å². The molecule has 27 heavy (non-hydrogen) atoms. The second-order valence-electron chi connectivity index (χ2n) is 7.27. The maximum Gasteiger partial charge on any atom is 0.230 e. The fourth-order valence-electron chi connectivity index (χ4n) is 3.78. The highest BCUT2D eigenvalue weighted by molar-refractivity contribution is 7.17. The minimum Gasteiger partial charge on any atom is -0.494 e. The predicted molar refractivity (Wildman–Crippen MR) is 107 cm³/mol. The third kappa shape index (κ3) is 3.53. The molecule has 1 fully saturated rings. The lowest BCUT2D eigenvalue weighted by atomic mass is 9.95. The van der Waals surface area contributed by atoms with Crippen molar-refractivity contribution in [2.45, 2.75) is 39.7 Å².